The number of benzene rings is 1. The highest BCUT2D eigenvalue weighted by molar-refractivity contribution is 5.45. The SMILES string of the molecule is N#Cc1ccc([CH]O)cc1C1CC1. The number of hydrogen-bond donors (Lipinski definition) is 1. The maximum absolute atomic E-state index is 8.84. The Morgan fingerprint density at radius 3 is 2.77 bits per heavy atom. The Hall–Kier alpha value is -1.33. The molecule has 1 aliphatic carbocycles. The van der Waals surface area contributed by atoms with Gasteiger partial charge in [0.1, 0.15) is 6.61 Å². The van der Waals surface area contributed by atoms with Crippen molar-refractivity contribution in [2.75, 3.05) is 0 Å². The van der Waals surface area contributed by atoms with Crippen LogP contribution in [0.5, 0.6) is 0 Å². The maximum atomic E-state index is 8.84. The van der Waals surface area contributed by atoms with E-state index in [1.165, 1.54) is 12.8 Å². The van der Waals surface area contributed by atoms with Crippen LogP contribution >= 0.6 is 0 Å². The Morgan fingerprint density at radius 1 is 1.46 bits per heavy atom. The highest BCUT2D eigenvalue weighted by Gasteiger charge is 2.26. The molecule has 1 saturated carbocycles. The van der Waals surface area contributed by atoms with E-state index in [-0.39, 0.29) is 0 Å². The minimum atomic E-state index is 0.551. The lowest BCUT2D eigenvalue weighted by atomic mass is 10.0. The lowest BCUT2D eigenvalue weighted by Gasteiger charge is -2.03. The van der Waals surface area contributed by atoms with Gasteiger partial charge >= 0.3 is 0 Å². The number of nitrogens with zero attached hydrogens (tertiary/aromatic N) is 1. The Kier molecular flexibility index (Phi) is 2.03. The molecular formula is C11H10NO. The second-order valence-electron chi connectivity index (χ2n) is 3.36. The van der Waals surface area contributed by atoms with Gasteiger partial charge in [0.15, 0.2) is 0 Å². The third kappa shape index (κ3) is 1.56. The molecule has 65 valence electrons. The standard InChI is InChI=1S/C11H10NO/c12-6-10-2-1-8(7-13)5-11(10)9-3-4-9/h1-2,5,7,9,13H,3-4H2. The van der Waals surface area contributed by atoms with Crippen LogP contribution in [0.25, 0.3) is 0 Å². The molecule has 2 rings (SSSR count). The van der Waals surface area contributed by atoms with Gasteiger partial charge in [-0.1, -0.05) is 12.1 Å². The summed E-state index contributed by atoms with van der Waals surface area (Å²) in [5.74, 6) is 0.551. The van der Waals surface area contributed by atoms with Crippen LogP contribution in [0.3, 0.4) is 0 Å². The van der Waals surface area contributed by atoms with Gasteiger partial charge in [0, 0.05) is 0 Å². The molecule has 1 fully saturated rings. The first-order chi connectivity index (χ1) is 6.35. The first-order valence-electron chi connectivity index (χ1n) is 4.36. The fourth-order valence-corrected chi connectivity index (χ4v) is 1.50. The summed E-state index contributed by atoms with van der Waals surface area (Å²) in [6.45, 7) is 1.08. The molecule has 1 N–H and O–H groups in total. The molecule has 1 radical (unpaired) electrons. The molecule has 0 heterocycles. The third-order valence-electron chi connectivity index (χ3n) is 2.36. The van der Waals surface area contributed by atoms with E-state index < -0.39 is 0 Å². The highest BCUT2D eigenvalue weighted by atomic mass is 16.3. The topological polar surface area (TPSA) is 44.0 Å². The van der Waals surface area contributed by atoms with Crippen molar-refractivity contribution in [1.29, 1.82) is 5.26 Å². The predicted molar refractivity (Wildman–Crippen MR) is 48.5 cm³/mol. The summed E-state index contributed by atoms with van der Waals surface area (Å²) in [5, 5.41) is 17.7. The predicted octanol–water partition coefficient (Wildman–Crippen LogP) is 2.32. The van der Waals surface area contributed by atoms with E-state index >= 15 is 0 Å². The number of hydrogen-bond acceptors (Lipinski definition) is 2. The van der Waals surface area contributed by atoms with Crippen molar-refractivity contribution in [2.24, 2.45) is 0 Å². The molecule has 0 amide bonds. The van der Waals surface area contributed by atoms with Crippen LogP contribution in [0, 0.1) is 17.9 Å². The first-order valence-corrected chi connectivity index (χ1v) is 4.36. The molecule has 1 aromatic rings. The average molecular weight is 172 g/mol. The van der Waals surface area contributed by atoms with Crippen molar-refractivity contribution in [3.05, 3.63) is 41.5 Å². The second kappa shape index (κ2) is 3.20. The molecule has 2 heteroatoms. The van der Waals surface area contributed by atoms with Crippen LogP contribution < -0.4 is 0 Å². The lowest BCUT2D eigenvalue weighted by Crippen LogP contribution is -1.90. The average Bonchev–Trinajstić information content (AvgIpc) is 3.00. The van der Waals surface area contributed by atoms with E-state index in [0.29, 0.717) is 5.92 Å². The van der Waals surface area contributed by atoms with Gasteiger partial charge in [0.25, 0.3) is 0 Å². The number of rotatable bonds is 2. The highest BCUT2D eigenvalue weighted by Crippen LogP contribution is 2.41. The molecule has 0 bridgehead atoms. The van der Waals surface area contributed by atoms with Crippen molar-refractivity contribution in [1.82, 2.24) is 0 Å². The van der Waals surface area contributed by atoms with Crippen molar-refractivity contribution in [2.45, 2.75) is 18.8 Å². The van der Waals surface area contributed by atoms with E-state index in [1.807, 2.05) is 6.07 Å². The van der Waals surface area contributed by atoms with Gasteiger partial charge < -0.3 is 5.11 Å². The number of nitriles is 1. The summed E-state index contributed by atoms with van der Waals surface area (Å²) < 4.78 is 0. The monoisotopic (exact) mass is 172 g/mol. The molecule has 0 spiro atoms. The van der Waals surface area contributed by atoms with Crippen molar-refractivity contribution in [3.8, 4) is 6.07 Å². The van der Waals surface area contributed by atoms with Gasteiger partial charge in [-0.3, -0.25) is 0 Å². The molecule has 0 aliphatic heterocycles. The molecule has 0 unspecified atom stereocenters. The fraction of sp³-hybridized carbons (Fsp3) is 0.273. The smallest absolute Gasteiger partial charge is 0.109 e. The zero-order valence-corrected chi connectivity index (χ0v) is 7.20. The first kappa shape index (κ1) is 8.28. The minimum absolute atomic E-state index is 0.551. The minimum Gasteiger partial charge on any atom is -0.385 e. The fourth-order valence-electron chi connectivity index (χ4n) is 1.50. The van der Waals surface area contributed by atoms with Gasteiger partial charge in [-0.05, 0) is 36.0 Å². The van der Waals surface area contributed by atoms with Crippen LogP contribution in [0.15, 0.2) is 18.2 Å². The molecule has 2 nitrogen and oxygen atoms in total. The van der Waals surface area contributed by atoms with E-state index in [2.05, 4.69) is 6.07 Å². The van der Waals surface area contributed by atoms with E-state index in [4.69, 9.17) is 10.4 Å². The van der Waals surface area contributed by atoms with E-state index in [9.17, 15) is 0 Å². The van der Waals surface area contributed by atoms with Gasteiger partial charge in [-0.15, -0.1) is 0 Å². The molecular weight excluding hydrogens is 162 g/mol. The molecule has 13 heavy (non-hydrogen) atoms. The zero-order valence-electron chi connectivity index (χ0n) is 7.20. The van der Waals surface area contributed by atoms with Gasteiger partial charge in [0.2, 0.25) is 0 Å². The quantitative estimate of drug-likeness (QED) is 0.743. The number of aliphatic hydroxyl groups excluding tert-OH is 1. The summed E-state index contributed by atoms with van der Waals surface area (Å²) >= 11 is 0. The number of aliphatic hydroxyl groups is 1. The molecule has 0 saturated heterocycles. The van der Waals surface area contributed by atoms with Crippen LogP contribution in [0.2, 0.25) is 0 Å². The summed E-state index contributed by atoms with van der Waals surface area (Å²) in [5.41, 5.74) is 2.61. The van der Waals surface area contributed by atoms with Gasteiger partial charge in [-0.25, -0.2) is 0 Å². The van der Waals surface area contributed by atoms with Gasteiger partial charge in [0.05, 0.1) is 11.6 Å². The Morgan fingerprint density at radius 2 is 2.23 bits per heavy atom. The summed E-state index contributed by atoms with van der Waals surface area (Å²) in [7, 11) is 0. The molecule has 1 aliphatic rings. The Labute approximate surface area is 77.4 Å². The van der Waals surface area contributed by atoms with Crippen LogP contribution in [0.1, 0.15) is 35.4 Å². The largest absolute Gasteiger partial charge is 0.385 e. The molecule has 0 atom stereocenters. The van der Waals surface area contributed by atoms with Crippen molar-refractivity contribution in [3.63, 3.8) is 0 Å². The lowest BCUT2D eigenvalue weighted by molar-refractivity contribution is 0.415. The van der Waals surface area contributed by atoms with E-state index in [1.54, 1.807) is 12.1 Å². The van der Waals surface area contributed by atoms with Gasteiger partial charge in [-0.2, -0.15) is 5.26 Å². The zero-order chi connectivity index (χ0) is 9.26. The molecule has 1 aromatic carbocycles. The van der Waals surface area contributed by atoms with Crippen molar-refractivity contribution < 1.29 is 5.11 Å². The summed E-state index contributed by atoms with van der Waals surface area (Å²) in [6, 6.07) is 7.60. The van der Waals surface area contributed by atoms with Crippen LogP contribution in [-0.2, 0) is 0 Å². The summed E-state index contributed by atoms with van der Waals surface area (Å²) in [6.07, 6.45) is 2.34. The van der Waals surface area contributed by atoms with Crippen molar-refractivity contribution >= 4 is 0 Å². The maximum Gasteiger partial charge on any atom is 0.109 e. The molecule has 0 aromatic heterocycles. The Balaban J connectivity index is 2.42. The third-order valence-corrected chi connectivity index (χ3v) is 2.36. The summed E-state index contributed by atoms with van der Waals surface area (Å²) in [4.78, 5) is 0. The van der Waals surface area contributed by atoms with Crippen LogP contribution in [0.4, 0.5) is 0 Å². The second-order valence-corrected chi connectivity index (χ2v) is 3.36. The van der Waals surface area contributed by atoms with E-state index in [0.717, 1.165) is 23.3 Å². The normalized spacial score (nSPS) is 15.4. The van der Waals surface area contributed by atoms with Crippen LogP contribution in [-0.4, -0.2) is 5.11 Å². The Bertz CT molecular complexity index is 361.